The Labute approximate surface area is 107 Å². The molecular weight excluding hydrogens is 228 g/mol. The molecule has 0 aliphatic rings. The predicted octanol–water partition coefficient (Wildman–Crippen LogP) is 3.44. The molecule has 2 rings (SSSR count). The SMILES string of the molecule is Cc1cc(-c2nc(CNC(C)(C)C)co2)c(C)o1. The van der Waals surface area contributed by atoms with Gasteiger partial charge in [0, 0.05) is 12.1 Å². The summed E-state index contributed by atoms with van der Waals surface area (Å²) in [5.74, 6) is 2.33. The topological polar surface area (TPSA) is 51.2 Å². The normalized spacial score (nSPS) is 12.1. The first-order chi connectivity index (χ1) is 8.35. The van der Waals surface area contributed by atoms with E-state index in [4.69, 9.17) is 8.83 Å². The van der Waals surface area contributed by atoms with Crippen LogP contribution in [0.5, 0.6) is 0 Å². The van der Waals surface area contributed by atoms with Crippen molar-refractivity contribution in [3.05, 3.63) is 29.5 Å². The number of hydrogen-bond donors (Lipinski definition) is 1. The van der Waals surface area contributed by atoms with E-state index in [1.165, 1.54) is 0 Å². The monoisotopic (exact) mass is 248 g/mol. The van der Waals surface area contributed by atoms with E-state index in [0.29, 0.717) is 12.4 Å². The predicted molar refractivity (Wildman–Crippen MR) is 70.3 cm³/mol. The minimum atomic E-state index is 0.0707. The highest BCUT2D eigenvalue weighted by atomic mass is 16.4. The number of nitrogens with zero attached hydrogens (tertiary/aromatic N) is 1. The van der Waals surface area contributed by atoms with E-state index in [2.05, 4.69) is 31.1 Å². The summed E-state index contributed by atoms with van der Waals surface area (Å²) < 4.78 is 11.0. The minimum Gasteiger partial charge on any atom is -0.466 e. The Morgan fingerprint density at radius 2 is 2.00 bits per heavy atom. The average molecular weight is 248 g/mol. The van der Waals surface area contributed by atoms with E-state index < -0.39 is 0 Å². The molecule has 0 spiro atoms. The van der Waals surface area contributed by atoms with Crippen LogP contribution in [0, 0.1) is 13.8 Å². The van der Waals surface area contributed by atoms with E-state index in [1.807, 2.05) is 19.9 Å². The third kappa shape index (κ3) is 3.01. The molecule has 4 heteroatoms. The van der Waals surface area contributed by atoms with E-state index in [1.54, 1.807) is 6.26 Å². The van der Waals surface area contributed by atoms with Gasteiger partial charge < -0.3 is 14.2 Å². The van der Waals surface area contributed by atoms with E-state index in [-0.39, 0.29) is 5.54 Å². The second-order valence-electron chi connectivity index (χ2n) is 5.57. The summed E-state index contributed by atoms with van der Waals surface area (Å²) in [5, 5.41) is 3.38. The first-order valence-electron chi connectivity index (χ1n) is 6.12. The van der Waals surface area contributed by atoms with Gasteiger partial charge in [0.2, 0.25) is 5.89 Å². The van der Waals surface area contributed by atoms with Crippen molar-refractivity contribution < 1.29 is 8.83 Å². The molecule has 0 aliphatic heterocycles. The van der Waals surface area contributed by atoms with Crippen LogP contribution in [0.4, 0.5) is 0 Å². The van der Waals surface area contributed by atoms with Crippen molar-refractivity contribution in [3.63, 3.8) is 0 Å². The van der Waals surface area contributed by atoms with Gasteiger partial charge in [-0.25, -0.2) is 4.98 Å². The lowest BCUT2D eigenvalue weighted by atomic mass is 10.1. The highest BCUT2D eigenvalue weighted by molar-refractivity contribution is 5.56. The van der Waals surface area contributed by atoms with Gasteiger partial charge >= 0.3 is 0 Å². The molecule has 18 heavy (non-hydrogen) atoms. The van der Waals surface area contributed by atoms with Crippen LogP contribution in [0.2, 0.25) is 0 Å². The van der Waals surface area contributed by atoms with Crippen LogP contribution in [0.3, 0.4) is 0 Å². The Kier molecular flexibility index (Phi) is 3.30. The van der Waals surface area contributed by atoms with Gasteiger partial charge in [0.05, 0.1) is 11.3 Å². The molecule has 2 aromatic rings. The Morgan fingerprint density at radius 1 is 1.28 bits per heavy atom. The summed E-state index contributed by atoms with van der Waals surface area (Å²) in [6.07, 6.45) is 1.69. The van der Waals surface area contributed by atoms with E-state index >= 15 is 0 Å². The van der Waals surface area contributed by atoms with Crippen molar-refractivity contribution in [2.24, 2.45) is 0 Å². The average Bonchev–Trinajstić information content (AvgIpc) is 2.81. The van der Waals surface area contributed by atoms with Crippen molar-refractivity contribution >= 4 is 0 Å². The van der Waals surface area contributed by atoms with Gasteiger partial charge in [0.15, 0.2) is 0 Å². The molecule has 0 bridgehead atoms. The molecule has 0 amide bonds. The van der Waals surface area contributed by atoms with Crippen LogP contribution >= 0.6 is 0 Å². The van der Waals surface area contributed by atoms with E-state index in [0.717, 1.165) is 22.8 Å². The van der Waals surface area contributed by atoms with Crippen molar-refractivity contribution in [1.82, 2.24) is 10.3 Å². The van der Waals surface area contributed by atoms with Gasteiger partial charge in [-0.2, -0.15) is 0 Å². The molecule has 0 fully saturated rings. The van der Waals surface area contributed by atoms with Gasteiger partial charge in [-0.3, -0.25) is 0 Å². The quantitative estimate of drug-likeness (QED) is 0.904. The van der Waals surface area contributed by atoms with Gasteiger partial charge in [-0.05, 0) is 40.7 Å². The maximum absolute atomic E-state index is 5.50. The summed E-state index contributed by atoms with van der Waals surface area (Å²) in [5.41, 5.74) is 1.90. The third-order valence-corrected chi connectivity index (χ3v) is 2.62. The lowest BCUT2D eigenvalue weighted by molar-refractivity contribution is 0.421. The molecule has 1 N–H and O–H groups in total. The zero-order valence-electron chi connectivity index (χ0n) is 11.6. The number of hydrogen-bond acceptors (Lipinski definition) is 4. The molecule has 0 atom stereocenters. The molecular formula is C14H20N2O2. The van der Waals surface area contributed by atoms with Gasteiger partial charge in [0.1, 0.15) is 17.8 Å². The molecule has 0 aliphatic carbocycles. The second kappa shape index (κ2) is 4.61. The third-order valence-electron chi connectivity index (χ3n) is 2.62. The highest BCUT2D eigenvalue weighted by Crippen LogP contribution is 2.25. The highest BCUT2D eigenvalue weighted by Gasteiger charge is 2.14. The Hall–Kier alpha value is -1.55. The number of oxazole rings is 1. The summed E-state index contributed by atoms with van der Waals surface area (Å²) >= 11 is 0. The molecule has 0 unspecified atom stereocenters. The number of aryl methyl sites for hydroxylation is 2. The summed E-state index contributed by atoms with van der Waals surface area (Å²) in [6, 6.07) is 1.95. The Balaban J connectivity index is 2.13. The van der Waals surface area contributed by atoms with Crippen LogP contribution in [0.15, 0.2) is 21.2 Å². The first kappa shape index (κ1) is 12.9. The van der Waals surface area contributed by atoms with Crippen molar-refractivity contribution in [2.75, 3.05) is 0 Å². The minimum absolute atomic E-state index is 0.0707. The maximum atomic E-state index is 5.50. The van der Waals surface area contributed by atoms with Crippen molar-refractivity contribution in [1.29, 1.82) is 0 Å². The zero-order chi connectivity index (χ0) is 13.3. The number of furan rings is 1. The molecule has 4 nitrogen and oxygen atoms in total. The van der Waals surface area contributed by atoms with Crippen molar-refractivity contribution in [3.8, 4) is 11.5 Å². The molecule has 2 aromatic heterocycles. The first-order valence-corrected chi connectivity index (χ1v) is 6.12. The van der Waals surface area contributed by atoms with Gasteiger partial charge in [-0.1, -0.05) is 0 Å². The second-order valence-corrected chi connectivity index (χ2v) is 5.57. The molecule has 98 valence electrons. The zero-order valence-corrected chi connectivity index (χ0v) is 11.6. The summed E-state index contributed by atoms with van der Waals surface area (Å²) in [4.78, 5) is 4.47. The number of nitrogens with one attached hydrogen (secondary N) is 1. The Bertz CT molecular complexity index is 532. The maximum Gasteiger partial charge on any atom is 0.229 e. The lowest BCUT2D eigenvalue weighted by Crippen LogP contribution is -2.35. The standard InChI is InChI=1S/C14H20N2O2/c1-9-6-12(10(2)18-9)13-16-11(8-17-13)7-15-14(3,4)5/h6,8,15H,7H2,1-5H3. The molecule has 0 aromatic carbocycles. The van der Waals surface area contributed by atoms with E-state index in [9.17, 15) is 0 Å². The fourth-order valence-corrected chi connectivity index (χ4v) is 1.71. The number of rotatable bonds is 3. The lowest BCUT2D eigenvalue weighted by Gasteiger charge is -2.19. The molecule has 2 heterocycles. The molecule has 0 radical (unpaired) electrons. The van der Waals surface area contributed by atoms with Crippen LogP contribution in [0.1, 0.15) is 38.0 Å². The summed E-state index contributed by atoms with van der Waals surface area (Å²) in [6.45, 7) is 10.9. The Morgan fingerprint density at radius 3 is 2.56 bits per heavy atom. The van der Waals surface area contributed by atoms with Crippen LogP contribution in [-0.2, 0) is 6.54 Å². The smallest absolute Gasteiger partial charge is 0.229 e. The van der Waals surface area contributed by atoms with Crippen molar-refractivity contribution in [2.45, 2.75) is 46.7 Å². The summed E-state index contributed by atoms with van der Waals surface area (Å²) in [7, 11) is 0. The van der Waals surface area contributed by atoms with Crippen LogP contribution < -0.4 is 5.32 Å². The molecule has 0 saturated carbocycles. The van der Waals surface area contributed by atoms with Gasteiger partial charge in [0.25, 0.3) is 0 Å². The number of aromatic nitrogens is 1. The fraction of sp³-hybridized carbons (Fsp3) is 0.500. The molecule has 0 saturated heterocycles. The van der Waals surface area contributed by atoms with Crippen LogP contribution in [0.25, 0.3) is 11.5 Å². The largest absolute Gasteiger partial charge is 0.466 e. The van der Waals surface area contributed by atoms with Gasteiger partial charge in [-0.15, -0.1) is 0 Å². The van der Waals surface area contributed by atoms with Crippen LogP contribution in [-0.4, -0.2) is 10.5 Å². The fourth-order valence-electron chi connectivity index (χ4n) is 1.71.